The average Bonchev–Trinajstić information content (AvgIpc) is 3.10. The Morgan fingerprint density at radius 2 is 2.05 bits per heavy atom. The molecular weight excluding hydrogens is 280 g/mol. The first-order chi connectivity index (χ1) is 10.2. The second-order valence-corrected chi connectivity index (χ2v) is 6.38. The molecule has 0 fully saturated rings. The third kappa shape index (κ3) is 3.16. The van der Waals surface area contributed by atoms with Crippen LogP contribution in [0.15, 0.2) is 48.7 Å². The van der Waals surface area contributed by atoms with Crippen LogP contribution < -0.4 is 5.32 Å². The van der Waals surface area contributed by atoms with E-state index in [9.17, 15) is 4.79 Å². The van der Waals surface area contributed by atoms with Gasteiger partial charge in [-0.2, -0.15) is 0 Å². The zero-order chi connectivity index (χ0) is 14.7. The molecule has 3 aromatic rings. The summed E-state index contributed by atoms with van der Waals surface area (Å²) in [5, 5.41) is 4.24. The summed E-state index contributed by atoms with van der Waals surface area (Å²) in [7, 11) is 0. The van der Waals surface area contributed by atoms with Crippen LogP contribution in [0.2, 0.25) is 0 Å². The van der Waals surface area contributed by atoms with Crippen molar-refractivity contribution in [2.24, 2.45) is 0 Å². The van der Waals surface area contributed by atoms with Crippen molar-refractivity contribution in [3.63, 3.8) is 0 Å². The first-order valence-electron chi connectivity index (χ1n) is 7.12. The van der Waals surface area contributed by atoms with Crippen LogP contribution in [0, 0.1) is 6.92 Å². The number of amides is 1. The molecule has 0 aliphatic carbocycles. The summed E-state index contributed by atoms with van der Waals surface area (Å²) >= 11 is 1.54. The normalized spacial score (nSPS) is 10.9. The lowest BCUT2D eigenvalue weighted by Crippen LogP contribution is -2.24. The Morgan fingerprint density at radius 3 is 2.86 bits per heavy atom. The van der Waals surface area contributed by atoms with Crippen LogP contribution in [-0.4, -0.2) is 17.0 Å². The molecule has 0 aliphatic rings. The van der Waals surface area contributed by atoms with E-state index in [-0.39, 0.29) is 5.91 Å². The van der Waals surface area contributed by atoms with Crippen LogP contribution in [0.5, 0.6) is 0 Å². The number of carbonyl (C=O) groups excluding carboxylic acids is 1. The summed E-state index contributed by atoms with van der Waals surface area (Å²) in [6.45, 7) is 3.62. The summed E-state index contributed by atoms with van der Waals surface area (Å²) in [6.07, 6.45) is 3.03. The summed E-state index contributed by atoms with van der Waals surface area (Å²) in [4.78, 5) is 13.9. The van der Waals surface area contributed by atoms with Gasteiger partial charge in [-0.15, -0.1) is 11.3 Å². The summed E-state index contributed by atoms with van der Waals surface area (Å²) in [5.41, 5.74) is 1.25. The quantitative estimate of drug-likeness (QED) is 0.714. The Kier molecular flexibility index (Phi) is 4.06. The molecule has 0 saturated carbocycles. The van der Waals surface area contributed by atoms with Gasteiger partial charge in [-0.3, -0.25) is 4.79 Å². The molecule has 21 heavy (non-hydrogen) atoms. The van der Waals surface area contributed by atoms with E-state index < -0.39 is 0 Å². The number of nitrogens with zero attached hydrogens (tertiary/aromatic N) is 1. The van der Waals surface area contributed by atoms with Gasteiger partial charge >= 0.3 is 0 Å². The van der Waals surface area contributed by atoms with Gasteiger partial charge in [0.1, 0.15) is 0 Å². The average molecular weight is 298 g/mol. The molecule has 2 aromatic heterocycles. The Hall–Kier alpha value is -2.07. The van der Waals surface area contributed by atoms with Crippen molar-refractivity contribution < 1.29 is 4.79 Å². The number of fused-ring (bicyclic) bond motifs is 1. The lowest BCUT2D eigenvalue weighted by Gasteiger charge is -2.06. The SMILES string of the molecule is Cc1ccc(C(=O)NCCCn2ccc3ccccc32)s1. The van der Waals surface area contributed by atoms with Crippen LogP contribution in [0.25, 0.3) is 10.9 Å². The standard InChI is InChI=1S/C17H18N2OS/c1-13-7-8-16(21-13)17(20)18-10-4-11-19-12-9-14-5-2-3-6-15(14)19/h2-3,5-9,12H,4,10-11H2,1H3,(H,18,20). The molecule has 0 atom stereocenters. The zero-order valence-corrected chi connectivity index (χ0v) is 12.8. The number of thiophene rings is 1. The Balaban J connectivity index is 1.51. The zero-order valence-electron chi connectivity index (χ0n) is 12.0. The highest BCUT2D eigenvalue weighted by Crippen LogP contribution is 2.16. The molecule has 3 nitrogen and oxygen atoms in total. The predicted octanol–water partition coefficient (Wildman–Crippen LogP) is 3.83. The number of carbonyl (C=O) groups is 1. The van der Waals surface area contributed by atoms with E-state index in [4.69, 9.17) is 0 Å². The fourth-order valence-electron chi connectivity index (χ4n) is 2.43. The minimum atomic E-state index is 0.0328. The predicted molar refractivity (Wildman–Crippen MR) is 87.9 cm³/mol. The van der Waals surface area contributed by atoms with Crippen LogP contribution in [0.3, 0.4) is 0 Å². The van der Waals surface area contributed by atoms with E-state index in [1.807, 2.05) is 19.1 Å². The molecule has 0 aliphatic heterocycles. The molecule has 4 heteroatoms. The third-order valence-corrected chi connectivity index (χ3v) is 4.51. The number of hydrogen-bond donors (Lipinski definition) is 1. The number of rotatable bonds is 5. The van der Waals surface area contributed by atoms with Crippen molar-refractivity contribution >= 4 is 28.1 Å². The van der Waals surface area contributed by atoms with Gasteiger partial charge in [0.15, 0.2) is 0 Å². The van der Waals surface area contributed by atoms with E-state index in [0.29, 0.717) is 6.54 Å². The largest absolute Gasteiger partial charge is 0.351 e. The number of aromatic nitrogens is 1. The molecule has 0 radical (unpaired) electrons. The maximum Gasteiger partial charge on any atom is 0.261 e. The second-order valence-electron chi connectivity index (χ2n) is 5.09. The molecule has 0 spiro atoms. The summed E-state index contributed by atoms with van der Waals surface area (Å²) in [5.74, 6) is 0.0328. The van der Waals surface area contributed by atoms with Crippen LogP contribution >= 0.6 is 11.3 Å². The molecule has 2 heterocycles. The molecular formula is C17H18N2OS. The molecule has 3 rings (SSSR count). The summed E-state index contributed by atoms with van der Waals surface area (Å²) < 4.78 is 2.23. The van der Waals surface area contributed by atoms with Gasteiger partial charge in [0.2, 0.25) is 0 Å². The lowest BCUT2D eigenvalue weighted by molar-refractivity contribution is 0.0957. The van der Waals surface area contributed by atoms with Gasteiger partial charge < -0.3 is 9.88 Å². The Labute approximate surface area is 128 Å². The lowest BCUT2D eigenvalue weighted by atomic mass is 10.2. The van der Waals surface area contributed by atoms with E-state index in [1.54, 1.807) is 0 Å². The number of nitrogens with one attached hydrogen (secondary N) is 1. The van der Waals surface area contributed by atoms with Gasteiger partial charge in [0, 0.05) is 29.7 Å². The van der Waals surface area contributed by atoms with Crippen molar-refractivity contribution in [3.8, 4) is 0 Å². The minimum Gasteiger partial charge on any atom is -0.351 e. The molecule has 108 valence electrons. The maximum atomic E-state index is 11.9. The Bertz CT molecular complexity index is 757. The minimum absolute atomic E-state index is 0.0328. The van der Waals surface area contributed by atoms with Crippen LogP contribution in [0.1, 0.15) is 21.0 Å². The number of aryl methyl sites for hydroxylation is 2. The van der Waals surface area contributed by atoms with Crippen molar-refractivity contribution in [1.82, 2.24) is 9.88 Å². The van der Waals surface area contributed by atoms with Crippen LogP contribution in [0.4, 0.5) is 0 Å². The van der Waals surface area contributed by atoms with Gasteiger partial charge in [0.25, 0.3) is 5.91 Å². The smallest absolute Gasteiger partial charge is 0.261 e. The Morgan fingerprint density at radius 1 is 1.19 bits per heavy atom. The van der Waals surface area contributed by atoms with Crippen LogP contribution in [-0.2, 0) is 6.54 Å². The molecule has 1 aromatic carbocycles. The third-order valence-electron chi connectivity index (χ3n) is 3.51. The maximum absolute atomic E-state index is 11.9. The van der Waals surface area contributed by atoms with E-state index in [0.717, 1.165) is 17.8 Å². The molecule has 1 amide bonds. The molecule has 0 saturated heterocycles. The topological polar surface area (TPSA) is 34.0 Å². The second kappa shape index (κ2) is 6.14. The first kappa shape index (κ1) is 13.9. The van der Waals surface area contributed by atoms with E-state index in [1.165, 1.54) is 27.1 Å². The molecule has 1 N–H and O–H groups in total. The van der Waals surface area contributed by atoms with Gasteiger partial charge in [0.05, 0.1) is 4.88 Å². The van der Waals surface area contributed by atoms with Gasteiger partial charge in [-0.05, 0) is 43.0 Å². The fourth-order valence-corrected chi connectivity index (χ4v) is 3.21. The number of para-hydroxylation sites is 1. The van der Waals surface area contributed by atoms with Gasteiger partial charge in [-0.25, -0.2) is 0 Å². The summed E-state index contributed by atoms with van der Waals surface area (Å²) in [6, 6.07) is 14.3. The highest BCUT2D eigenvalue weighted by Gasteiger charge is 2.07. The first-order valence-corrected chi connectivity index (χ1v) is 7.94. The number of hydrogen-bond acceptors (Lipinski definition) is 2. The molecule has 0 bridgehead atoms. The number of benzene rings is 1. The van der Waals surface area contributed by atoms with Crippen molar-refractivity contribution in [2.75, 3.05) is 6.54 Å². The molecule has 0 unspecified atom stereocenters. The van der Waals surface area contributed by atoms with E-state index >= 15 is 0 Å². The highest BCUT2D eigenvalue weighted by atomic mass is 32.1. The van der Waals surface area contributed by atoms with Crippen molar-refractivity contribution in [3.05, 3.63) is 58.4 Å². The fraction of sp³-hybridized carbons (Fsp3) is 0.235. The van der Waals surface area contributed by atoms with Crippen molar-refractivity contribution in [1.29, 1.82) is 0 Å². The van der Waals surface area contributed by atoms with Crippen molar-refractivity contribution in [2.45, 2.75) is 19.9 Å². The monoisotopic (exact) mass is 298 g/mol. The highest BCUT2D eigenvalue weighted by molar-refractivity contribution is 7.13. The van der Waals surface area contributed by atoms with Gasteiger partial charge in [-0.1, -0.05) is 18.2 Å². The van der Waals surface area contributed by atoms with E-state index in [2.05, 4.69) is 46.4 Å².